The molecule has 1 aliphatic rings. The third-order valence-corrected chi connectivity index (χ3v) is 5.14. The van der Waals surface area contributed by atoms with Crippen molar-refractivity contribution in [3.63, 3.8) is 0 Å². The van der Waals surface area contributed by atoms with Crippen molar-refractivity contribution >= 4 is 34.0 Å². The van der Waals surface area contributed by atoms with Crippen LogP contribution in [0.15, 0.2) is 29.2 Å². The highest BCUT2D eigenvalue weighted by Crippen LogP contribution is 2.20. The fourth-order valence-corrected chi connectivity index (χ4v) is 3.68. The molecule has 0 spiro atoms. The summed E-state index contributed by atoms with van der Waals surface area (Å²) in [5, 5.41) is 3.71. The maximum absolute atomic E-state index is 12.4. The summed E-state index contributed by atoms with van der Waals surface area (Å²) in [6, 6.07) is 6.27. The van der Waals surface area contributed by atoms with E-state index in [-0.39, 0.29) is 18.4 Å². The zero-order chi connectivity index (χ0) is 12.5. The van der Waals surface area contributed by atoms with Crippen LogP contribution in [0, 0.1) is 0 Å². The molecule has 0 amide bonds. The Hall–Kier alpha value is -0.330. The number of benzene rings is 1. The Morgan fingerprint density at radius 2 is 1.94 bits per heavy atom. The average molecular weight is 311 g/mol. The van der Waals surface area contributed by atoms with E-state index in [2.05, 4.69) is 5.32 Å². The predicted molar refractivity (Wildman–Crippen MR) is 74.9 cm³/mol. The van der Waals surface area contributed by atoms with E-state index in [1.165, 1.54) is 4.31 Å². The van der Waals surface area contributed by atoms with Crippen LogP contribution in [-0.2, 0) is 10.0 Å². The van der Waals surface area contributed by atoms with Gasteiger partial charge in [0.05, 0.1) is 4.90 Å². The van der Waals surface area contributed by atoms with E-state index in [0.29, 0.717) is 29.6 Å². The number of halogens is 2. The zero-order valence-electron chi connectivity index (χ0n) is 9.97. The van der Waals surface area contributed by atoms with Gasteiger partial charge in [-0.05, 0) is 31.2 Å². The Morgan fingerprint density at radius 3 is 2.50 bits per heavy atom. The molecule has 4 nitrogen and oxygen atoms in total. The first-order chi connectivity index (χ1) is 8.01. The second-order valence-electron chi connectivity index (χ2n) is 4.12. The van der Waals surface area contributed by atoms with Gasteiger partial charge >= 0.3 is 0 Å². The second kappa shape index (κ2) is 6.21. The van der Waals surface area contributed by atoms with Crippen LogP contribution < -0.4 is 5.32 Å². The number of piperazine rings is 1. The van der Waals surface area contributed by atoms with Gasteiger partial charge in [0.15, 0.2) is 0 Å². The number of nitrogens with zero attached hydrogens (tertiary/aromatic N) is 1. The molecule has 1 unspecified atom stereocenters. The molecule has 0 saturated carbocycles. The number of hydrogen-bond acceptors (Lipinski definition) is 3. The molecule has 1 heterocycles. The third-order valence-electron chi connectivity index (χ3n) is 2.86. The first-order valence-electron chi connectivity index (χ1n) is 5.50. The molecule has 1 atom stereocenters. The van der Waals surface area contributed by atoms with Crippen molar-refractivity contribution in [3.8, 4) is 0 Å². The smallest absolute Gasteiger partial charge is 0.243 e. The van der Waals surface area contributed by atoms with Crippen molar-refractivity contribution in [1.82, 2.24) is 9.62 Å². The molecule has 0 aromatic heterocycles. The summed E-state index contributed by atoms with van der Waals surface area (Å²) in [7, 11) is -3.39. The Kier molecular flexibility index (Phi) is 5.43. The van der Waals surface area contributed by atoms with Gasteiger partial charge in [0.1, 0.15) is 0 Å². The summed E-state index contributed by atoms with van der Waals surface area (Å²) in [5.41, 5.74) is 0. The lowest BCUT2D eigenvalue weighted by molar-refractivity contribution is 0.284. The molecular weight excluding hydrogens is 295 g/mol. The van der Waals surface area contributed by atoms with Crippen LogP contribution in [0.1, 0.15) is 6.92 Å². The van der Waals surface area contributed by atoms with E-state index in [9.17, 15) is 8.42 Å². The Bertz CT molecular complexity index is 490. The molecule has 7 heteroatoms. The van der Waals surface area contributed by atoms with Crippen molar-refractivity contribution < 1.29 is 8.42 Å². The van der Waals surface area contributed by atoms with Crippen molar-refractivity contribution in [3.05, 3.63) is 29.3 Å². The summed E-state index contributed by atoms with van der Waals surface area (Å²) in [6.07, 6.45) is 0. The molecule has 102 valence electrons. The predicted octanol–water partition coefficient (Wildman–Crippen LogP) is 1.74. The number of nitrogens with one attached hydrogen (secondary N) is 1. The zero-order valence-corrected chi connectivity index (χ0v) is 12.4. The largest absolute Gasteiger partial charge is 0.314 e. The molecule has 0 bridgehead atoms. The summed E-state index contributed by atoms with van der Waals surface area (Å²) in [6.45, 7) is 3.79. The first kappa shape index (κ1) is 15.7. The lowest BCUT2D eigenvalue weighted by atomic mass is 10.3. The van der Waals surface area contributed by atoms with Gasteiger partial charge in [0, 0.05) is 30.7 Å². The second-order valence-corrected chi connectivity index (χ2v) is 6.45. The lowest BCUT2D eigenvalue weighted by Gasteiger charge is -2.32. The lowest BCUT2D eigenvalue weighted by Crippen LogP contribution is -2.52. The van der Waals surface area contributed by atoms with Gasteiger partial charge in [0.25, 0.3) is 0 Å². The van der Waals surface area contributed by atoms with E-state index in [1.807, 2.05) is 6.92 Å². The van der Waals surface area contributed by atoms with Gasteiger partial charge in [-0.2, -0.15) is 4.31 Å². The van der Waals surface area contributed by atoms with Crippen LogP contribution in [0.2, 0.25) is 5.02 Å². The summed E-state index contributed by atoms with van der Waals surface area (Å²) >= 11 is 5.76. The van der Waals surface area contributed by atoms with Gasteiger partial charge in [-0.1, -0.05) is 11.6 Å². The Morgan fingerprint density at radius 1 is 1.33 bits per heavy atom. The van der Waals surface area contributed by atoms with E-state index in [4.69, 9.17) is 11.6 Å². The highest BCUT2D eigenvalue weighted by Gasteiger charge is 2.30. The Labute approximate surface area is 119 Å². The van der Waals surface area contributed by atoms with Gasteiger partial charge in [-0.25, -0.2) is 8.42 Å². The van der Waals surface area contributed by atoms with Gasteiger partial charge in [-0.3, -0.25) is 0 Å². The minimum atomic E-state index is -3.39. The first-order valence-corrected chi connectivity index (χ1v) is 7.32. The molecule has 1 aliphatic heterocycles. The molecule has 1 fully saturated rings. The van der Waals surface area contributed by atoms with Gasteiger partial charge in [-0.15, -0.1) is 12.4 Å². The molecule has 0 aliphatic carbocycles. The molecule has 1 saturated heterocycles. The van der Waals surface area contributed by atoms with Crippen LogP contribution in [0.3, 0.4) is 0 Å². The molecule has 1 aromatic carbocycles. The highest BCUT2D eigenvalue weighted by atomic mass is 35.5. The fourth-order valence-electron chi connectivity index (χ4n) is 1.92. The molecular formula is C11H16Cl2N2O2S. The van der Waals surface area contributed by atoms with Crippen LogP contribution in [0.4, 0.5) is 0 Å². The van der Waals surface area contributed by atoms with Crippen molar-refractivity contribution in [1.29, 1.82) is 0 Å². The molecule has 1 aromatic rings. The summed E-state index contributed by atoms with van der Waals surface area (Å²) in [4.78, 5) is 0.302. The quantitative estimate of drug-likeness (QED) is 0.905. The molecule has 2 rings (SSSR count). The average Bonchev–Trinajstić information content (AvgIpc) is 2.30. The third kappa shape index (κ3) is 3.16. The monoisotopic (exact) mass is 310 g/mol. The van der Waals surface area contributed by atoms with Crippen LogP contribution in [0.5, 0.6) is 0 Å². The fraction of sp³-hybridized carbons (Fsp3) is 0.455. The van der Waals surface area contributed by atoms with E-state index in [1.54, 1.807) is 24.3 Å². The van der Waals surface area contributed by atoms with E-state index in [0.717, 1.165) is 0 Å². The summed E-state index contributed by atoms with van der Waals surface area (Å²) < 4.78 is 26.3. The number of sulfonamides is 1. The Balaban J connectivity index is 0.00000162. The van der Waals surface area contributed by atoms with E-state index < -0.39 is 10.0 Å². The van der Waals surface area contributed by atoms with Crippen molar-refractivity contribution in [2.45, 2.75) is 17.9 Å². The maximum Gasteiger partial charge on any atom is 0.243 e. The highest BCUT2D eigenvalue weighted by molar-refractivity contribution is 7.89. The summed E-state index contributed by atoms with van der Waals surface area (Å²) in [5.74, 6) is 0. The van der Waals surface area contributed by atoms with Crippen LogP contribution >= 0.6 is 24.0 Å². The molecule has 0 radical (unpaired) electrons. The van der Waals surface area contributed by atoms with E-state index >= 15 is 0 Å². The minimum Gasteiger partial charge on any atom is -0.314 e. The van der Waals surface area contributed by atoms with Crippen LogP contribution in [0.25, 0.3) is 0 Å². The van der Waals surface area contributed by atoms with Crippen molar-refractivity contribution in [2.75, 3.05) is 19.6 Å². The van der Waals surface area contributed by atoms with Crippen molar-refractivity contribution in [2.24, 2.45) is 0 Å². The number of hydrogen-bond donors (Lipinski definition) is 1. The maximum atomic E-state index is 12.4. The molecule has 1 N–H and O–H groups in total. The van der Waals surface area contributed by atoms with Crippen LogP contribution in [-0.4, -0.2) is 38.4 Å². The SMILES string of the molecule is CC1CNCCN1S(=O)(=O)c1ccc(Cl)cc1.Cl. The normalized spacial score (nSPS) is 21.3. The van der Waals surface area contributed by atoms with Gasteiger partial charge in [0.2, 0.25) is 10.0 Å². The minimum absolute atomic E-state index is 0. The molecule has 18 heavy (non-hydrogen) atoms. The van der Waals surface area contributed by atoms with Gasteiger partial charge < -0.3 is 5.32 Å². The standard InChI is InChI=1S/C11H15ClN2O2S.ClH/c1-9-8-13-6-7-14(9)17(15,16)11-4-2-10(12)3-5-11;/h2-5,9,13H,6-8H2,1H3;1H. The number of rotatable bonds is 2. The topological polar surface area (TPSA) is 49.4 Å².